The SMILES string of the molecule is O=C(O)CCOc1ccc(F)cc1-c1cnc(C(=O)N2CCC(N3C(=O)COC4=C3C=C(Cl)CN4)CC2)c(F)c1. The Hall–Kier alpha value is -4.19. The minimum Gasteiger partial charge on any atom is -0.492 e. The first-order valence-corrected chi connectivity index (χ1v) is 13.0. The number of carboxylic acid groups (broad SMARTS) is 1. The summed E-state index contributed by atoms with van der Waals surface area (Å²) in [5, 5.41) is 12.4. The van der Waals surface area contributed by atoms with Crippen molar-refractivity contribution in [1.82, 2.24) is 20.1 Å². The molecule has 2 amide bonds. The molecule has 210 valence electrons. The number of likely N-dealkylation sites (tertiary alicyclic amines) is 1. The van der Waals surface area contributed by atoms with Crippen LogP contribution in [0.2, 0.25) is 0 Å². The van der Waals surface area contributed by atoms with Crippen LogP contribution in [0.1, 0.15) is 29.8 Å². The molecule has 1 fully saturated rings. The van der Waals surface area contributed by atoms with Gasteiger partial charge < -0.3 is 29.7 Å². The molecule has 10 nitrogen and oxygen atoms in total. The predicted molar refractivity (Wildman–Crippen MR) is 138 cm³/mol. The highest BCUT2D eigenvalue weighted by Crippen LogP contribution is 2.33. The summed E-state index contributed by atoms with van der Waals surface area (Å²) in [4.78, 5) is 43.8. The summed E-state index contributed by atoms with van der Waals surface area (Å²) in [6.07, 6.45) is 3.59. The van der Waals surface area contributed by atoms with Crippen LogP contribution in [0, 0.1) is 11.6 Å². The number of aromatic nitrogens is 1. The Labute approximate surface area is 232 Å². The summed E-state index contributed by atoms with van der Waals surface area (Å²) in [5.74, 6) is -2.72. The van der Waals surface area contributed by atoms with Crippen molar-refractivity contribution < 1.29 is 37.7 Å². The molecule has 4 heterocycles. The molecule has 1 aromatic heterocycles. The molecule has 5 rings (SSSR count). The lowest BCUT2D eigenvalue weighted by Gasteiger charge is -2.41. The number of rotatable bonds is 7. The number of amides is 2. The Balaban J connectivity index is 1.28. The topological polar surface area (TPSA) is 121 Å². The number of aliphatic carboxylic acids is 1. The molecule has 1 saturated heterocycles. The first kappa shape index (κ1) is 27.4. The molecule has 40 heavy (non-hydrogen) atoms. The van der Waals surface area contributed by atoms with E-state index >= 15 is 4.39 Å². The lowest BCUT2D eigenvalue weighted by molar-refractivity contribution is -0.139. The zero-order valence-corrected chi connectivity index (χ0v) is 21.9. The van der Waals surface area contributed by atoms with Gasteiger partial charge in [0.1, 0.15) is 17.3 Å². The third kappa shape index (κ3) is 5.71. The van der Waals surface area contributed by atoms with Gasteiger partial charge in [-0.3, -0.25) is 14.4 Å². The van der Waals surface area contributed by atoms with Crippen LogP contribution >= 0.6 is 11.6 Å². The molecule has 0 saturated carbocycles. The van der Waals surface area contributed by atoms with Crippen LogP contribution in [0.4, 0.5) is 8.78 Å². The number of halogens is 3. The largest absolute Gasteiger partial charge is 0.492 e. The van der Waals surface area contributed by atoms with Crippen molar-refractivity contribution in [3.63, 3.8) is 0 Å². The van der Waals surface area contributed by atoms with E-state index < -0.39 is 23.5 Å². The predicted octanol–water partition coefficient (Wildman–Crippen LogP) is 3.24. The Kier molecular flexibility index (Phi) is 7.88. The number of dihydropyridines is 1. The van der Waals surface area contributed by atoms with Crippen molar-refractivity contribution in [2.24, 2.45) is 0 Å². The fraction of sp³-hybridized carbons (Fsp3) is 0.333. The molecule has 0 radical (unpaired) electrons. The quantitative estimate of drug-likeness (QED) is 0.517. The third-order valence-corrected chi connectivity index (χ3v) is 7.04. The first-order valence-electron chi connectivity index (χ1n) is 12.6. The molecular weight excluding hydrogens is 550 g/mol. The molecule has 1 aromatic carbocycles. The van der Waals surface area contributed by atoms with Gasteiger partial charge in [0.15, 0.2) is 18.1 Å². The third-order valence-electron chi connectivity index (χ3n) is 6.80. The van der Waals surface area contributed by atoms with Crippen molar-refractivity contribution in [3.05, 3.63) is 70.5 Å². The molecule has 0 aliphatic carbocycles. The second-order valence-electron chi connectivity index (χ2n) is 9.42. The number of pyridine rings is 1. The van der Waals surface area contributed by atoms with Gasteiger partial charge in [-0.1, -0.05) is 11.6 Å². The maximum atomic E-state index is 15.2. The van der Waals surface area contributed by atoms with Gasteiger partial charge in [0.25, 0.3) is 11.8 Å². The summed E-state index contributed by atoms with van der Waals surface area (Å²) in [6, 6.07) is 4.45. The second kappa shape index (κ2) is 11.5. The van der Waals surface area contributed by atoms with Gasteiger partial charge in [0.2, 0.25) is 5.88 Å². The fourth-order valence-electron chi connectivity index (χ4n) is 4.88. The number of allylic oxidation sites excluding steroid dienone is 1. The molecule has 13 heteroatoms. The Morgan fingerprint density at radius 3 is 2.73 bits per heavy atom. The zero-order valence-electron chi connectivity index (χ0n) is 21.2. The van der Waals surface area contributed by atoms with Gasteiger partial charge in [-0.15, -0.1) is 0 Å². The molecule has 0 atom stereocenters. The van der Waals surface area contributed by atoms with Crippen molar-refractivity contribution in [2.75, 3.05) is 32.8 Å². The standard InChI is InChI=1S/C27H25ClF2N4O6/c28-16-10-21-26(32-13-16)40-14-23(35)34(21)18-3-6-33(7-4-18)27(38)25-20(30)9-15(12-31-25)19-11-17(29)1-2-22(19)39-8-5-24(36)37/h1-2,9-12,18,32H,3-8,13-14H2,(H,36,37). The number of nitrogens with zero attached hydrogens (tertiary/aromatic N) is 3. The average molecular weight is 575 g/mol. The van der Waals surface area contributed by atoms with Crippen molar-refractivity contribution in [3.8, 4) is 16.9 Å². The number of hydrogen-bond donors (Lipinski definition) is 2. The van der Waals surface area contributed by atoms with Crippen LogP contribution in [0.15, 0.2) is 53.2 Å². The van der Waals surface area contributed by atoms with Crippen LogP contribution in [0.3, 0.4) is 0 Å². The summed E-state index contributed by atoms with van der Waals surface area (Å²) in [6.45, 7) is 0.692. The van der Waals surface area contributed by atoms with Crippen LogP contribution < -0.4 is 10.1 Å². The summed E-state index contributed by atoms with van der Waals surface area (Å²) in [5.41, 5.74) is 0.516. The highest BCUT2D eigenvalue weighted by atomic mass is 35.5. The molecule has 2 aromatic rings. The maximum Gasteiger partial charge on any atom is 0.306 e. The number of carboxylic acids is 1. The minimum atomic E-state index is -1.06. The Bertz CT molecular complexity index is 1420. The maximum absolute atomic E-state index is 15.2. The molecule has 3 aliphatic rings. The van der Waals surface area contributed by atoms with Crippen molar-refractivity contribution in [2.45, 2.75) is 25.3 Å². The zero-order chi connectivity index (χ0) is 28.4. The Morgan fingerprint density at radius 1 is 1.23 bits per heavy atom. The number of benzene rings is 1. The van der Waals surface area contributed by atoms with Crippen LogP contribution in [-0.2, 0) is 14.3 Å². The molecular formula is C27H25ClF2N4O6. The van der Waals surface area contributed by atoms with Gasteiger partial charge in [-0.25, -0.2) is 13.8 Å². The smallest absolute Gasteiger partial charge is 0.306 e. The lowest BCUT2D eigenvalue weighted by Crippen LogP contribution is -2.52. The van der Waals surface area contributed by atoms with Crippen molar-refractivity contribution in [1.29, 1.82) is 0 Å². The summed E-state index contributed by atoms with van der Waals surface area (Å²) < 4.78 is 40.1. The van der Waals surface area contributed by atoms with Crippen LogP contribution in [0.5, 0.6) is 5.75 Å². The van der Waals surface area contributed by atoms with Gasteiger partial charge in [0.05, 0.1) is 19.6 Å². The lowest BCUT2D eigenvalue weighted by atomic mass is 10.0. The van der Waals surface area contributed by atoms with Crippen LogP contribution in [0.25, 0.3) is 11.1 Å². The van der Waals surface area contributed by atoms with E-state index in [-0.39, 0.29) is 67.2 Å². The van der Waals surface area contributed by atoms with Crippen LogP contribution in [-0.4, -0.2) is 76.6 Å². The van der Waals surface area contributed by atoms with E-state index in [9.17, 15) is 18.8 Å². The van der Waals surface area contributed by atoms with E-state index in [4.69, 9.17) is 26.2 Å². The van der Waals surface area contributed by atoms with Crippen molar-refractivity contribution >= 4 is 29.4 Å². The number of carbonyl (C=O) groups is 3. The van der Waals surface area contributed by atoms with E-state index in [1.54, 1.807) is 11.0 Å². The number of ether oxygens (including phenoxy) is 2. The second-order valence-corrected chi connectivity index (χ2v) is 9.91. The highest BCUT2D eigenvalue weighted by Gasteiger charge is 2.37. The van der Waals surface area contributed by atoms with E-state index in [1.165, 1.54) is 17.2 Å². The average Bonchev–Trinajstić information content (AvgIpc) is 2.93. The first-order chi connectivity index (χ1) is 19.2. The molecule has 0 unspecified atom stereocenters. The number of carbonyl (C=O) groups excluding carboxylic acids is 2. The van der Waals surface area contributed by atoms with E-state index in [1.807, 2.05) is 0 Å². The van der Waals surface area contributed by atoms with Gasteiger partial charge >= 0.3 is 5.97 Å². The van der Waals surface area contributed by atoms with Gasteiger partial charge in [0, 0.05) is 41.5 Å². The molecule has 3 aliphatic heterocycles. The van der Waals surface area contributed by atoms with E-state index in [0.29, 0.717) is 36.0 Å². The number of hydrogen-bond acceptors (Lipinski definition) is 7. The van der Waals surface area contributed by atoms with Gasteiger partial charge in [-0.2, -0.15) is 0 Å². The fourth-order valence-corrected chi connectivity index (χ4v) is 5.05. The minimum absolute atomic E-state index is 0.102. The molecule has 2 N–H and O–H groups in total. The number of piperidine rings is 1. The highest BCUT2D eigenvalue weighted by molar-refractivity contribution is 6.30. The summed E-state index contributed by atoms with van der Waals surface area (Å²) in [7, 11) is 0. The summed E-state index contributed by atoms with van der Waals surface area (Å²) >= 11 is 6.16. The monoisotopic (exact) mass is 574 g/mol. The Morgan fingerprint density at radius 2 is 2.00 bits per heavy atom. The molecule has 0 spiro atoms. The normalized spacial score (nSPS) is 17.6. The number of nitrogens with one attached hydrogen (secondary N) is 1. The molecule has 0 bridgehead atoms. The van der Waals surface area contributed by atoms with E-state index in [0.717, 1.165) is 18.2 Å². The van der Waals surface area contributed by atoms with E-state index in [2.05, 4.69) is 10.3 Å². The van der Waals surface area contributed by atoms with Gasteiger partial charge in [-0.05, 0) is 43.2 Å².